The molecule has 0 aliphatic carbocycles. The number of piperidine rings is 2. The molecule has 0 radical (unpaired) electrons. The maximum atomic E-state index is 5.64. The van der Waals surface area contributed by atoms with Crippen LogP contribution in [0, 0.1) is 5.92 Å². The maximum Gasteiger partial charge on any atom is 0.193 e. The Labute approximate surface area is 188 Å². The van der Waals surface area contributed by atoms with Crippen LogP contribution in [0.4, 0.5) is 0 Å². The molecule has 3 aliphatic rings. The third-order valence-electron chi connectivity index (χ3n) is 7.87. The standard InChI is InChI=1S/C25H41N5O/c1-26-24(27-20-25(28(2)3)12-16-31-17-13-25)30-15-11-23-22(19-30)10-7-14-29(23)18-21-8-5-4-6-9-21/h4-6,8-9,22-23H,7,10-20H2,1-3H3,(H,26,27). The van der Waals surface area contributed by atoms with E-state index in [4.69, 9.17) is 4.74 Å². The monoisotopic (exact) mass is 427 g/mol. The van der Waals surface area contributed by atoms with Gasteiger partial charge in [-0.15, -0.1) is 0 Å². The second-order valence-electron chi connectivity index (χ2n) is 9.79. The van der Waals surface area contributed by atoms with Crippen molar-refractivity contribution >= 4 is 5.96 Å². The molecule has 1 aromatic rings. The molecule has 2 atom stereocenters. The van der Waals surface area contributed by atoms with Crippen LogP contribution in [-0.4, -0.2) is 92.8 Å². The van der Waals surface area contributed by atoms with Crippen molar-refractivity contribution in [2.75, 3.05) is 60.5 Å². The Morgan fingerprint density at radius 2 is 1.94 bits per heavy atom. The van der Waals surface area contributed by atoms with E-state index >= 15 is 0 Å². The summed E-state index contributed by atoms with van der Waals surface area (Å²) in [4.78, 5) is 12.3. The SMILES string of the molecule is CN=C(NCC1(N(C)C)CCOCC1)N1CCC2C(CCCN2Cc2ccccc2)C1. The average molecular weight is 428 g/mol. The Morgan fingerprint density at radius 1 is 1.16 bits per heavy atom. The van der Waals surface area contributed by atoms with Crippen LogP contribution in [0.25, 0.3) is 0 Å². The van der Waals surface area contributed by atoms with Crippen molar-refractivity contribution < 1.29 is 4.74 Å². The first-order valence-electron chi connectivity index (χ1n) is 12.1. The molecule has 0 bridgehead atoms. The second-order valence-corrected chi connectivity index (χ2v) is 9.79. The number of benzene rings is 1. The van der Waals surface area contributed by atoms with Gasteiger partial charge >= 0.3 is 0 Å². The van der Waals surface area contributed by atoms with E-state index in [0.717, 1.165) is 64.1 Å². The molecule has 3 aliphatic heterocycles. The molecular weight excluding hydrogens is 386 g/mol. The minimum absolute atomic E-state index is 0.157. The molecule has 2 unspecified atom stereocenters. The van der Waals surface area contributed by atoms with E-state index in [1.54, 1.807) is 0 Å². The highest BCUT2D eigenvalue weighted by molar-refractivity contribution is 5.80. The molecule has 1 N–H and O–H groups in total. The third kappa shape index (κ3) is 5.24. The van der Waals surface area contributed by atoms with Crippen molar-refractivity contribution in [2.45, 2.75) is 50.2 Å². The lowest BCUT2D eigenvalue weighted by molar-refractivity contribution is -0.00573. The second kappa shape index (κ2) is 10.3. The topological polar surface area (TPSA) is 43.3 Å². The van der Waals surface area contributed by atoms with Gasteiger partial charge in [-0.05, 0) is 64.2 Å². The fourth-order valence-electron chi connectivity index (χ4n) is 5.82. The lowest BCUT2D eigenvalue weighted by Gasteiger charge is -2.48. The molecule has 172 valence electrons. The van der Waals surface area contributed by atoms with Gasteiger partial charge in [-0.3, -0.25) is 9.89 Å². The van der Waals surface area contributed by atoms with Gasteiger partial charge in [0.15, 0.2) is 5.96 Å². The van der Waals surface area contributed by atoms with Crippen LogP contribution in [0.15, 0.2) is 35.3 Å². The summed E-state index contributed by atoms with van der Waals surface area (Å²) >= 11 is 0. The highest BCUT2D eigenvalue weighted by atomic mass is 16.5. The smallest absolute Gasteiger partial charge is 0.193 e. The average Bonchev–Trinajstić information content (AvgIpc) is 2.81. The Morgan fingerprint density at radius 3 is 2.65 bits per heavy atom. The van der Waals surface area contributed by atoms with Gasteiger partial charge in [0.1, 0.15) is 0 Å². The zero-order valence-electron chi connectivity index (χ0n) is 19.7. The van der Waals surface area contributed by atoms with Crippen LogP contribution < -0.4 is 5.32 Å². The van der Waals surface area contributed by atoms with Crippen molar-refractivity contribution in [3.63, 3.8) is 0 Å². The number of guanidine groups is 1. The highest BCUT2D eigenvalue weighted by Crippen LogP contribution is 2.32. The molecule has 3 heterocycles. The van der Waals surface area contributed by atoms with Crippen LogP contribution in [0.2, 0.25) is 0 Å². The molecule has 1 aromatic carbocycles. The minimum Gasteiger partial charge on any atom is -0.381 e. The number of likely N-dealkylation sites (tertiary alicyclic amines) is 2. The van der Waals surface area contributed by atoms with Crippen molar-refractivity contribution in [1.29, 1.82) is 0 Å². The summed E-state index contributed by atoms with van der Waals surface area (Å²) in [6, 6.07) is 11.7. The fourth-order valence-corrected chi connectivity index (χ4v) is 5.82. The Balaban J connectivity index is 1.35. The van der Waals surface area contributed by atoms with Crippen LogP contribution in [0.1, 0.15) is 37.7 Å². The van der Waals surface area contributed by atoms with Gasteiger partial charge in [0, 0.05) is 58.0 Å². The van der Waals surface area contributed by atoms with Crippen molar-refractivity contribution in [3.05, 3.63) is 35.9 Å². The number of nitrogens with zero attached hydrogens (tertiary/aromatic N) is 4. The van der Waals surface area contributed by atoms with E-state index < -0.39 is 0 Å². The van der Waals surface area contributed by atoms with E-state index in [0.29, 0.717) is 6.04 Å². The summed E-state index contributed by atoms with van der Waals surface area (Å²) in [5.74, 6) is 1.81. The van der Waals surface area contributed by atoms with E-state index in [2.05, 4.69) is 69.4 Å². The first kappa shape index (κ1) is 22.6. The van der Waals surface area contributed by atoms with Crippen LogP contribution in [0.3, 0.4) is 0 Å². The minimum atomic E-state index is 0.157. The molecule has 0 saturated carbocycles. The third-order valence-corrected chi connectivity index (χ3v) is 7.87. The zero-order chi connectivity index (χ0) is 21.7. The van der Waals surface area contributed by atoms with Gasteiger partial charge in [-0.2, -0.15) is 0 Å². The van der Waals surface area contributed by atoms with Gasteiger partial charge in [-0.1, -0.05) is 30.3 Å². The Bertz CT molecular complexity index is 716. The molecule has 3 saturated heterocycles. The predicted molar refractivity (Wildman–Crippen MR) is 127 cm³/mol. The number of aliphatic imine (C=N–C) groups is 1. The van der Waals surface area contributed by atoms with E-state index in [1.165, 1.54) is 31.4 Å². The number of rotatable bonds is 5. The first-order chi connectivity index (χ1) is 15.1. The maximum absolute atomic E-state index is 5.64. The fraction of sp³-hybridized carbons (Fsp3) is 0.720. The van der Waals surface area contributed by atoms with E-state index in [9.17, 15) is 0 Å². The van der Waals surface area contributed by atoms with Crippen molar-refractivity contribution in [1.82, 2.24) is 20.0 Å². The largest absolute Gasteiger partial charge is 0.381 e. The van der Waals surface area contributed by atoms with Crippen LogP contribution >= 0.6 is 0 Å². The summed E-state index contributed by atoms with van der Waals surface area (Å²) in [6.07, 6.45) is 6.01. The molecule has 6 heteroatoms. The predicted octanol–water partition coefficient (Wildman–Crippen LogP) is 2.66. The number of nitrogens with one attached hydrogen (secondary N) is 1. The highest BCUT2D eigenvalue weighted by Gasteiger charge is 2.38. The molecule has 0 amide bonds. The summed E-state index contributed by atoms with van der Waals surface area (Å²) in [6.45, 7) is 7.16. The first-order valence-corrected chi connectivity index (χ1v) is 12.1. The quantitative estimate of drug-likeness (QED) is 0.578. The molecule has 0 spiro atoms. The molecular formula is C25H41N5O. The van der Waals surface area contributed by atoms with Crippen LogP contribution in [-0.2, 0) is 11.3 Å². The van der Waals surface area contributed by atoms with Gasteiger partial charge in [0.05, 0.1) is 0 Å². The van der Waals surface area contributed by atoms with Crippen molar-refractivity contribution in [3.8, 4) is 0 Å². The lowest BCUT2D eigenvalue weighted by atomic mass is 9.83. The lowest BCUT2D eigenvalue weighted by Crippen LogP contribution is -2.60. The Hall–Kier alpha value is -1.63. The molecule has 3 fully saturated rings. The zero-order valence-corrected chi connectivity index (χ0v) is 19.7. The molecule has 31 heavy (non-hydrogen) atoms. The molecule has 4 rings (SSSR count). The Kier molecular flexibility index (Phi) is 7.51. The molecule has 6 nitrogen and oxygen atoms in total. The number of ether oxygens (including phenoxy) is 1. The number of likely N-dealkylation sites (N-methyl/N-ethyl adjacent to an activating group) is 1. The van der Waals surface area contributed by atoms with Gasteiger partial charge < -0.3 is 19.9 Å². The van der Waals surface area contributed by atoms with Crippen LogP contribution in [0.5, 0.6) is 0 Å². The summed E-state index contributed by atoms with van der Waals surface area (Å²) in [7, 11) is 6.33. The summed E-state index contributed by atoms with van der Waals surface area (Å²) in [5, 5.41) is 3.74. The summed E-state index contributed by atoms with van der Waals surface area (Å²) < 4.78 is 5.64. The van der Waals surface area contributed by atoms with E-state index in [1.807, 2.05) is 7.05 Å². The molecule has 0 aromatic heterocycles. The number of fused-ring (bicyclic) bond motifs is 1. The van der Waals surface area contributed by atoms with Crippen molar-refractivity contribution in [2.24, 2.45) is 10.9 Å². The number of hydrogen-bond donors (Lipinski definition) is 1. The summed E-state index contributed by atoms with van der Waals surface area (Å²) in [5.41, 5.74) is 1.60. The number of hydrogen-bond acceptors (Lipinski definition) is 4. The van der Waals surface area contributed by atoms with Gasteiger partial charge in [0.2, 0.25) is 0 Å². The van der Waals surface area contributed by atoms with E-state index in [-0.39, 0.29) is 5.54 Å². The van der Waals surface area contributed by atoms with Gasteiger partial charge in [-0.25, -0.2) is 0 Å². The van der Waals surface area contributed by atoms with Gasteiger partial charge in [0.25, 0.3) is 0 Å². The normalized spacial score (nSPS) is 27.2.